The zero-order valence-corrected chi connectivity index (χ0v) is 14.0. The molecule has 2 N–H and O–H groups in total. The summed E-state index contributed by atoms with van der Waals surface area (Å²) in [5, 5.41) is 18.1. The highest BCUT2D eigenvalue weighted by molar-refractivity contribution is 5.41. The van der Waals surface area contributed by atoms with Gasteiger partial charge >= 0.3 is 0 Å². The van der Waals surface area contributed by atoms with Crippen LogP contribution in [0.1, 0.15) is 23.6 Å². The summed E-state index contributed by atoms with van der Waals surface area (Å²) in [6.07, 6.45) is 3.22. The highest BCUT2D eigenvalue weighted by atomic mass is 16.3. The molecule has 5 nitrogen and oxygen atoms in total. The molecule has 0 saturated carbocycles. The lowest BCUT2D eigenvalue weighted by Gasteiger charge is -2.24. The van der Waals surface area contributed by atoms with Gasteiger partial charge < -0.3 is 10.4 Å². The first-order chi connectivity index (χ1) is 11.6. The summed E-state index contributed by atoms with van der Waals surface area (Å²) in [7, 11) is 0. The molecule has 24 heavy (non-hydrogen) atoms. The van der Waals surface area contributed by atoms with Crippen LogP contribution in [0.3, 0.4) is 0 Å². The third-order valence-electron chi connectivity index (χ3n) is 4.12. The van der Waals surface area contributed by atoms with Gasteiger partial charge in [-0.1, -0.05) is 42.5 Å². The molecule has 0 fully saturated rings. The number of aryl methyl sites for hydroxylation is 1. The maximum atomic E-state index is 10.6. The Hall–Kier alpha value is -2.50. The van der Waals surface area contributed by atoms with Crippen molar-refractivity contribution in [1.29, 1.82) is 0 Å². The summed E-state index contributed by atoms with van der Waals surface area (Å²) in [6, 6.07) is 15.9. The van der Waals surface area contributed by atoms with Gasteiger partial charge in [0.05, 0.1) is 11.3 Å². The van der Waals surface area contributed by atoms with E-state index in [9.17, 15) is 5.11 Å². The minimum atomic E-state index is -0.892. The van der Waals surface area contributed by atoms with E-state index in [1.165, 1.54) is 11.9 Å². The maximum Gasteiger partial charge on any atom is 0.138 e. The minimum absolute atomic E-state index is 0.487. The molecule has 0 aliphatic heterocycles. The molecule has 1 atom stereocenters. The molecule has 3 aromatic rings. The van der Waals surface area contributed by atoms with Crippen LogP contribution in [-0.2, 0) is 12.1 Å². The smallest absolute Gasteiger partial charge is 0.138 e. The second-order valence-electron chi connectivity index (χ2n) is 6.20. The summed E-state index contributed by atoms with van der Waals surface area (Å²) < 4.78 is 1.76. The zero-order chi connectivity index (χ0) is 17.0. The van der Waals surface area contributed by atoms with Crippen molar-refractivity contribution in [2.45, 2.75) is 26.0 Å². The number of hydrogen-bond donors (Lipinski definition) is 2. The van der Waals surface area contributed by atoms with Gasteiger partial charge in [0.15, 0.2) is 0 Å². The largest absolute Gasteiger partial charge is 0.384 e. The molecule has 3 rings (SSSR count). The molecular weight excluding hydrogens is 300 g/mol. The topological polar surface area (TPSA) is 63.0 Å². The van der Waals surface area contributed by atoms with E-state index in [-0.39, 0.29) is 0 Å². The van der Waals surface area contributed by atoms with Crippen LogP contribution in [0.5, 0.6) is 0 Å². The van der Waals surface area contributed by atoms with Crippen LogP contribution in [0.2, 0.25) is 0 Å². The molecular formula is C19H22N4O. The molecule has 0 aliphatic rings. The van der Waals surface area contributed by atoms with Crippen LogP contribution < -0.4 is 5.32 Å². The van der Waals surface area contributed by atoms with Crippen LogP contribution >= 0.6 is 0 Å². The molecule has 0 saturated heterocycles. The number of nitrogens with one attached hydrogen (secondary N) is 1. The van der Waals surface area contributed by atoms with Crippen molar-refractivity contribution < 1.29 is 5.11 Å². The summed E-state index contributed by atoms with van der Waals surface area (Å²) in [5.74, 6) is 0. The number of aromatic nitrogens is 3. The fourth-order valence-electron chi connectivity index (χ4n) is 2.77. The highest BCUT2D eigenvalue weighted by Crippen LogP contribution is 2.19. The van der Waals surface area contributed by atoms with E-state index in [2.05, 4.69) is 34.5 Å². The van der Waals surface area contributed by atoms with Crippen LogP contribution in [0.25, 0.3) is 5.69 Å². The van der Waals surface area contributed by atoms with Crippen molar-refractivity contribution in [1.82, 2.24) is 20.1 Å². The Morgan fingerprint density at radius 2 is 1.96 bits per heavy atom. The Morgan fingerprint density at radius 1 is 1.17 bits per heavy atom. The fraction of sp³-hybridized carbons (Fsp3) is 0.263. The average molecular weight is 322 g/mol. The summed E-state index contributed by atoms with van der Waals surface area (Å²) >= 11 is 0. The molecule has 124 valence electrons. The van der Waals surface area contributed by atoms with E-state index < -0.39 is 5.60 Å². The first-order valence-corrected chi connectivity index (χ1v) is 7.99. The molecule has 0 bridgehead atoms. The summed E-state index contributed by atoms with van der Waals surface area (Å²) in [4.78, 5) is 3.98. The van der Waals surface area contributed by atoms with Gasteiger partial charge in [0.25, 0.3) is 0 Å². The van der Waals surface area contributed by atoms with E-state index in [1.807, 2.05) is 43.3 Å². The minimum Gasteiger partial charge on any atom is -0.384 e. The van der Waals surface area contributed by atoms with Crippen LogP contribution in [-0.4, -0.2) is 26.4 Å². The third kappa shape index (κ3) is 3.69. The van der Waals surface area contributed by atoms with Crippen molar-refractivity contribution in [2.75, 3.05) is 6.54 Å². The number of rotatable bonds is 6. The highest BCUT2D eigenvalue weighted by Gasteiger charge is 2.21. The Morgan fingerprint density at radius 3 is 2.62 bits per heavy atom. The second kappa shape index (κ2) is 6.95. The monoisotopic (exact) mass is 322 g/mol. The first-order valence-electron chi connectivity index (χ1n) is 7.99. The van der Waals surface area contributed by atoms with E-state index in [0.717, 1.165) is 16.8 Å². The Kier molecular flexibility index (Phi) is 4.74. The zero-order valence-electron chi connectivity index (χ0n) is 14.0. The van der Waals surface area contributed by atoms with Gasteiger partial charge in [-0.3, -0.25) is 0 Å². The van der Waals surface area contributed by atoms with Crippen LogP contribution in [0.15, 0.2) is 61.2 Å². The normalized spacial score (nSPS) is 13.6. The quantitative estimate of drug-likeness (QED) is 0.732. The Bertz CT molecular complexity index is 782. The molecule has 1 aromatic heterocycles. The van der Waals surface area contributed by atoms with Crippen molar-refractivity contribution in [2.24, 2.45) is 0 Å². The Labute approximate surface area is 142 Å². The number of nitrogens with zero attached hydrogens (tertiary/aromatic N) is 3. The fourth-order valence-corrected chi connectivity index (χ4v) is 2.77. The predicted octanol–water partition coefficient (Wildman–Crippen LogP) is 2.57. The molecule has 2 aromatic carbocycles. The van der Waals surface area contributed by atoms with E-state index in [1.54, 1.807) is 11.0 Å². The van der Waals surface area contributed by atoms with Gasteiger partial charge in [-0.2, -0.15) is 5.10 Å². The Balaban J connectivity index is 1.62. The van der Waals surface area contributed by atoms with Gasteiger partial charge in [0, 0.05) is 13.1 Å². The van der Waals surface area contributed by atoms with Gasteiger partial charge in [0.2, 0.25) is 0 Å². The average Bonchev–Trinajstić information content (AvgIpc) is 3.10. The van der Waals surface area contributed by atoms with E-state index in [4.69, 9.17) is 0 Å². The molecule has 1 unspecified atom stereocenters. The lowest BCUT2D eigenvalue weighted by molar-refractivity contribution is 0.0567. The van der Waals surface area contributed by atoms with Crippen LogP contribution in [0, 0.1) is 6.92 Å². The second-order valence-corrected chi connectivity index (χ2v) is 6.20. The summed E-state index contributed by atoms with van der Waals surface area (Å²) in [5.41, 5.74) is 3.34. The van der Waals surface area contributed by atoms with E-state index in [0.29, 0.717) is 13.1 Å². The predicted molar refractivity (Wildman–Crippen MR) is 93.8 cm³/mol. The van der Waals surface area contributed by atoms with Crippen LogP contribution in [0.4, 0.5) is 0 Å². The maximum absolute atomic E-state index is 10.6. The number of hydrogen-bond acceptors (Lipinski definition) is 4. The van der Waals surface area contributed by atoms with Crippen molar-refractivity contribution in [3.8, 4) is 5.69 Å². The molecule has 0 aliphatic carbocycles. The van der Waals surface area contributed by atoms with Crippen molar-refractivity contribution in [3.05, 3.63) is 77.9 Å². The SMILES string of the molecule is Cc1cc(CNCC(C)(O)c2ccccc2)ccc1-n1cncn1. The van der Waals surface area contributed by atoms with Gasteiger partial charge in [-0.15, -0.1) is 0 Å². The lowest BCUT2D eigenvalue weighted by atomic mass is 9.96. The third-order valence-corrected chi connectivity index (χ3v) is 4.12. The number of aliphatic hydroxyl groups is 1. The molecule has 5 heteroatoms. The van der Waals surface area contributed by atoms with Crippen molar-refractivity contribution >= 4 is 0 Å². The van der Waals surface area contributed by atoms with E-state index >= 15 is 0 Å². The lowest BCUT2D eigenvalue weighted by Crippen LogP contribution is -2.35. The van der Waals surface area contributed by atoms with Gasteiger partial charge in [-0.05, 0) is 36.6 Å². The molecule has 1 heterocycles. The first kappa shape index (κ1) is 16.4. The number of benzene rings is 2. The van der Waals surface area contributed by atoms with Gasteiger partial charge in [-0.25, -0.2) is 9.67 Å². The standard InChI is InChI=1S/C19H22N4O/c1-15-10-16(8-9-18(15)23-14-21-13-22-23)11-20-12-19(2,24)17-6-4-3-5-7-17/h3-10,13-14,20,24H,11-12H2,1-2H3. The van der Waals surface area contributed by atoms with Gasteiger partial charge in [0.1, 0.15) is 12.7 Å². The molecule has 0 radical (unpaired) electrons. The molecule has 0 spiro atoms. The van der Waals surface area contributed by atoms with Crippen molar-refractivity contribution in [3.63, 3.8) is 0 Å². The summed E-state index contributed by atoms with van der Waals surface area (Å²) in [6.45, 7) is 5.07. The molecule has 0 amide bonds.